The van der Waals surface area contributed by atoms with Crippen molar-refractivity contribution in [3.63, 3.8) is 0 Å². The van der Waals surface area contributed by atoms with Crippen molar-refractivity contribution in [3.05, 3.63) is 168 Å². The van der Waals surface area contributed by atoms with Crippen LogP contribution in [0.1, 0.15) is 50.3 Å². The van der Waals surface area contributed by atoms with E-state index in [0.29, 0.717) is 21.9 Å². The van der Waals surface area contributed by atoms with Gasteiger partial charge in [-0.2, -0.15) is 0 Å². The lowest BCUT2D eigenvalue weighted by Crippen LogP contribution is -2.16. The summed E-state index contributed by atoms with van der Waals surface area (Å²) in [6.07, 6.45) is 0. The van der Waals surface area contributed by atoms with E-state index in [1.54, 1.807) is 88.4 Å². The van der Waals surface area contributed by atoms with Gasteiger partial charge in [-0.25, -0.2) is 19.2 Å². The minimum atomic E-state index is -0.850. The molecule has 0 bridgehead atoms. The van der Waals surface area contributed by atoms with Crippen LogP contribution in [0.25, 0.3) is 32.3 Å². The van der Waals surface area contributed by atoms with E-state index in [2.05, 4.69) is 26.3 Å². The van der Waals surface area contributed by atoms with Crippen molar-refractivity contribution >= 4 is 56.2 Å². The molecular formula is C47H38O8. The average Bonchev–Trinajstić information content (AvgIpc) is 3.15. The van der Waals surface area contributed by atoms with E-state index in [0.717, 1.165) is 27.1 Å². The molecule has 0 atom stereocenters. The molecule has 0 aliphatic carbocycles. The topological polar surface area (TPSA) is 105 Å². The summed E-state index contributed by atoms with van der Waals surface area (Å²) >= 11 is 0. The highest BCUT2D eigenvalue weighted by molar-refractivity contribution is 5.99. The molecule has 0 radical (unpaired) electrons. The van der Waals surface area contributed by atoms with Crippen LogP contribution in [0.4, 0.5) is 0 Å². The maximum atomic E-state index is 13.3. The summed E-state index contributed by atoms with van der Waals surface area (Å²) in [5.41, 5.74) is 2.46. The highest BCUT2D eigenvalue weighted by Gasteiger charge is 2.31. The highest BCUT2D eigenvalue weighted by Crippen LogP contribution is 2.49. The third kappa shape index (κ3) is 7.99. The Labute approximate surface area is 318 Å². The van der Waals surface area contributed by atoms with Gasteiger partial charge in [0.2, 0.25) is 0 Å². The highest BCUT2D eigenvalue weighted by atomic mass is 16.5. The summed E-state index contributed by atoms with van der Waals surface area (Å²) in [7, 11) is 0. The van der Waals surface area contributed by atoms with Crippen molar-refractivity contribution in [1.29, 1.82) is 0 Å². The number of carbonyl (C=O) groups is 4. The Morgan fingerprint density at radius 2 is 0.818 bits per heavy atom. The standard InChI is InChI=1S/C47H38O8/c1-26(2)44(48)52-35-19-15-31-17-21-39(54-46(50)28(5)6)42(37(31)24-35)41(34-14-13-30-11-9-10-12-33(30)23-34)43-38-25-36(53-45(49)27(3)4)20-16-32(38)18-22-40(43)55-47(51)29(7)8/h9-25,41H,1,3,5,7H2,2,4,6,8H3. The summed E-state index contributed by atoms with van der Waals surface area (Å²) in [6.45, 7) is 21.2. The van der Waals surface area contributed by atoms with Crippen molar-refractivity contribution in [3.8, 4) is 23.0 Å². The fourth-order valence-electron chi connectivity index (χ4n) is 6.13. The fourth-order valence-corrected chi connectivity index (χ4v) is 6.13. The van der Waals surface area contributed by atoms with Crippen LogP contribution in [0.5, 0.6) is 23.0 Å². The van der Waals surface area contributed by atoms with Crippen LogP contribution in [-0.2, 0) is 19.2 Å². The number of carbonyl (C=O) groups excluding carboxylic acids is 4. The second-order valence-corrected chi connectivity index (χ2v) is 13.4. The first-order valence-electron chi connectivity index (χ1n) is 17.3. The fraction of sp³-hybridized carbons (Fsp3) is 0.106. The van der Waals surface area contributed by atoms with Gasteiger partial charge >= 0.3 is 23.9 Å². The smallest absolute Gasteiger partial charge is 0.338 e. The molecule has 0 aliphatic heterocycles. The van der Waals surface area contributed by atoms with Gasteiger partial charge in [-0.05, 0) is 102 Å². The van der Waals surface area contributed by atoms with Crippen LogP contribution < -0.4 is 18.9 Å². The number of rotatable bonds is 11. The Bertz CT molecular complexity index is 2490. The number of esters is 4. The first-order chi connectivity index (χ1) is 26.2. The molecule has 0 amide bonds. The van der Waals surface area contributed by atoms with Gasteiger partial charge in [-0.3, -0.25) is 0 Å². The number of fused-ring (bicyclic) bond motifs is 3. The number of ether oxygens (including phenoxy) is 4. The molecule has 55 heavy (non-hydrogen) atoms. The Kier molecular flexibility index (Phi) is 10.6. The van der Waals surface area contributed by atoms with Crippen LogP contribution >= 0.6 is 0 Å². The maximum absolute atomic E-state index is 13.3. The summed E-state index contributed by atoms with van der Waals surface area (Å²) < 4.78 is 23.6. The van der Waals surface area contributed by atoms with E-state index in [1.165, 1.54) is 0 Å². The second-order valence-electron chi connectivity index (χ2n) is 13.4. The Balaban J connectivity index is 1.79. The summed E-state index contributed by atoms with van der Waals surface area (Å²) in [6, 6.07) is 31.1. The lowest BCUT2D eigenvalue weighted by Gasteiger charge is -2.27. The third-order valence-electron chi connectivity index (χ3n) is 8.89. The summed E-state index contributed by atoms with van der Waals surface area (Å²) in [5.74, 6) is -2.59. The monoisotopic (exact) mass is 730 g/mol. The lowest BCUT2D eigenvalue weighted by molar-refractivity contribution is -0.131. The molecule has 0 saturated carbocycles. The molecule has 0 spiro atoms. The minimum absolute atomic E-state index is 0.169. The molecule has 0 aromatic heterocycles. The Morgan fingerprint density at radius 3 is 1.25 bits per heavy atom. The molecule has 274 valence electrons. The first kappa shape index (κ1) is 37.7. The number of hydrogen-bond donors (Lipinski definition) is 0. The number of hydrogen-bond acceptors (Lipinski definition) is 8. The second kappa shape index (κ2) is 15.5. The zero-order valence-corrected chi connectivity index (χ0v) is 31.0. The van der Waals surface area contributed by atoms with Gasteiger partial charge in [0.25, 0.3) is 0 Å². The van der Waals surface area contributed by atoms with Crippen molar-refractivity contribution in [2.45, 2.75) is 33.6 Å². The van der Waals surface area contributed by atoms with Crippen LogP contribution in [-0.4, -0.2) is 23.9 Å². The van der Waals surface area contributed by atoms with Gasteiger partial charge in [-0.1, -0.05) is 93.0 Å². The van der Waals surface area contributed by atoms with Gasteiger partial charge in [-0.15, -0.1) is 0 Å². The Morgan fingerprint density at radius 1 is 0.436 bits per heavy atom. The van der Waals surface area contributed by atoms with Gasteiger partial charge in [0.15, 0.2) is 0 Å². The predicted octanol–water partition coefficient (Wildman–Crippen LogP) is 10.3. The van der Waals surface area contributed by atoms with E-state index in [4.69, 9.17) is 18.9 Å². The molecule has 0 unspecified atom stereocenters. The summed E-state index contributed by atoms with van der Waals surface area (Å²) in [5, 5.41) is 4.48. The molecule has 0 saturated heterocycles. The van der Waals surface area contributed by atoms with E-state index in [1.807, 2.05) is 42.5 Å². The Hall–Kier alpha value is -7.06. The molecule has 6 rings (SSSR count). The maximum Gasteiger partial charge on any atom is 0.338 e. The minimum Gasteiger partial charge on any atom is -0.423 e. The van der Waals surface area contributed by atoms with Gasteiger partial charge in [0, 0.05) is 39.3 Å². The van der Waals surface area contributed by atoms with Crippen molar-refractivity contribution in [1.82, 2.24) is 0 Å². The van der Waals surface area contributed by atoms with Crippen LogP contribution in [0, 0.1) is 0 Å². The number of benzene rings is 6. The summed E-state index contributed by atoms with van der Waals surface area (Å²) in [4.78, 5) is 52.1. The van der Waals surface area contributed by atoms with Crippen molar-refractivity contribution in [2.75, 3.05) is 0 Å². The molecule has 0 N–H and O–H groups in total. The van der Waals surface area contributed by atoms with Crippen molar-refractivity contribution in [2.24, 2.45) is 0 Å². The van der Waals surface area contributed by atoms with Gasteiger partial charge < -0.3 is 18.9 Å². The van der Waals surface area contributed by atoms with Gasteiger partial charge in [0.05, 0.1) is 0 Å². The molecule has 8 nitrogen and oxygen atoms in total. The predicted molar refractivity (Wildman–Crippen MR) is 215 cm³/mol. The SMILES string of the molecule is C=C(C)C(=O)Oc1ccc2ccc(OC(=O)C(=C)C)c(C(c3ccc4ccccc4c3)c3c(OC(=O)C(=C)C)ccc4ccc(OC(=O)C(=C)C)cc34)c2c1. The largest absolute Gasteiger partial charge is 0.423 e. The molecule has 6 aromatic rings. The molecular weight excluding hydrogens is 693 g/mol. The zero-order valence-electron chi connectivity index (χ0n) is 31.0. The first-order valence-corrected chi connectivity index (χ1v) is 17.3. The van der Waals surface area contributed by atoms with E-state index >= 15 is 0 Å². The third-order valence-corrected chi connectivity index (χ3v) is 8.89. The van der Waals surface area contributed by atoms with Crippen LogP contribution in [0.15, 0.2) is 152 Å². The molecule has 0 fully saturated rings. The lowest BCUT2D eigenvalue weighted by atomic mass is 9.79. The molecule has 0 aliphatic rings. The van der Waals surface area contributed by atoms with E-state index < -0.39 is 29.8 Å². The van der Waals surface area contributed by atoms with Crippen LogP contribution in [0.2, 0.25) is 0 Å². The van der Waals surface area contributed by atoms with Gasteiger partial charge in [0.1, 0.15) is 23.0 Å². The normalized spacial score (nSPS) is 10.9. The molecule has 0 heterocycles. The molecule has 6 aromatic carbocycles. The zero-order chi connectivity index (χ0) is 39.6. The van der Waals surface area contributed by atoms with E-state index in [9.17, 15) is 19.2 Å². The van der Waals surface area contributed by atoms with Crippen molar-refractivity contribution < 1.29 is 38.1 Å². The molecule has 8 heteroatoms. The average molecular weight is 731 g/mol. The van der Waals surface area contributed by atoms with E-state index in [-0.39, 0.29) is 45.3 Å². The quantitative estimate of drug-likeness (QED) is 0.0561. The van der Waals surface area contributed by atoms with Crippen LogP contribution in [0.3, 0.4) is 0 Å².